The summed E-state index contributed by atoms with van der Waals surface area (Å²) in [7, 11) is 1.83. The lowest BCUT2D eigenvalue weighted by molar-refractivity contribution is -0.120. The lowest BCUT2D eigenvalue weighted by atomic mass is 10.2. The first-order valence-electron chi connectivity index (χ1n) is 9.07. The van der Waals surface area contributed by atoms with E-state index in [1.165, 1.54) is 35.6 Å². The molecule has 0 aliphatic carbocycles. The van der Waals surface area contributed by atoms with Crippen LogP contribution in [0.4, 0.5) is 8.78 Å². The van der Waals surface area contributed by atoms with Crippen molar-refractivity contribution < 1.29 is 13.6 Å². The Labute approximate surface area is 170 Å². The van der Waals surface area contributed by atoms with Gasteiger partial charge >= 0.3 is 0 Å². The summed E-state index contributed by atoms with van der Waals surface area (Å²) < 4.78 is 28.6. The molecule has 0 aliphatic rings. The largest absolute Gasteiger partial charge is 0.355 e. The Bertz CT molecular complexity index is 1180. The van der Waals surface area contributed by atoms with Crippen LogP contribution in [-0.4, -0.2) is 27.0 Å². The number of thiazole rings is 1. The number of imidazole rings is 1. The summed E-state index contributed by atoms with van der Waals surface area (Å²) in [6.45, 7) is 0.416. The molecule has 0 bridgehead atoms. The van der Waals surface area contributed by atoms with Crippen LogP contribution in [0.15, 0.2) is 47.8 Å². The lowest BCUT2D eigenvalue weighted by Crippen LogP contribution is -2.27. The Kier molecular flexibility index (Phi) is 5.35. The molecule has 0 saturated carbocycles. The van der Waals surface area contributed by atoms with E-state index in [4.69, 9.17) is 0 Å². The first-order valence-corrected chi connectivity index (χ1v) is 9.95. The topological polar surface area (TPSA) is 59.8 Å². The minimum Gasteiger partial charge on any atom is -0.355 e. The Morgan fingerprint density at radius 1 is 1.14 bits per heavy atom. The molecule has 0 atom stereocenters. The van der Waals surface area contributed by atoms with Crippen molar-refractivity contribution in [1.82, 2.24) is 19.9 Å². The second-order valence-corrected chi connectivity index (χ2v) is 7.51. The van der Waals surface area contributed by atoms with E-state index in [2.05, 4.69) is 15.3 Å². The maximum atomic E-state index is 13.4. The van der Waals surface area contributed by atoms with E-state index in [9.17, 15) is 13.6 Å². The van der Waals surface area contributed by atoms with Crippen molar-refractivity contribution in [2.75, 3.05) is 6.54 Å². The van der Waals surface area contributed by atoms with Gasteiger partial charge in [-0.3, -0.25) is 4.79 Å². The minimum atomic E-state index is -0.318. The Hall–Kier alpha value is -3.13. The molecular weight excluding hydrogens is 394 g/mol. The summed E-state index contributed by atoms with van der Waals surface area (Å²) in [6.07, 6.45) is 0.684. The number of aryl methyl sites for hydroxylation is 1. The molecule has 0 saturated heterocycles. The van der Waals surface area contributed by atoms with Gasteiger partial charge in [0.1, 0.15) is 22.5 Å². The van der Waals surface area contributed by atoms with Crippen LogP contribution in [0.25, 0.3) is 21.6 Å². The summed E-state index contributed by atoms with van der Waals surface area (Å²) in [6, 6.07) is 10.7. The van der Waals surface area contributed by atoms with E-state index in [0.717, 1.165) is 16.9 Å². The van der Waals surface area contributed by atoms with Crippen molar-refractivity contribution in [3.05, 3.63) is 71.0 Å². The third-order valence-corrected chi connectivity index (χ3v) is 5.51. The normalized spacial score (nSPS) is 11.1. The van der Waals surface area contributed by atoms with E-state index >= 15 is 0 Å². The van der Waals surface area contributed by atoms with Gasteiger partial charge in [0.05, 0.1) is 23.1 Å². The average molecular weight is 412 g/mol. The molecule has 2 aromatic carbocycles. The molecule has 29 heavy (non-hydrogen) atoms. The fraction of sp³-hybridized carbons (Fsp3) is 0.190. The molecule has 0 aliphatic heterocycles. The molecule has 1 N–H and O–H groups in total. The van der Waals surface area contributed by atoms with Crippen molar-refractivity contribution in [2.24, 2.45) is 7.05 Å². The van der Waals surface area contributed by atoms with Gasteiger partial charge in [0.25, 0.3) is 0 Å². The monoisotopic (exact) mass is 412 g/mol. The quantitative estimate of drug-likeness (QED) is 0.523. The smallest absolute Gasteiger partial charge is 0.226 e. The summed E-state index contributed by atoms with van der Waals surface area (Å²) in [4.78, 5) is 21.1. The number of carbonyl (C=O) groups is 1. The van der Waals surface area contributed by atoms with Gasteiger partial charge < -0.3 is 9.88 Å². The number of fused-ring (bicyclic) bond motifs is 1. The Morgan fingerprint density at radius 2 is 1.97 bits per heavy atom. The van der Waals surface area contributed by atoms with Crippen LogP contribution in [0, 0.1) is 11.6 Å². The number of rotatable bonds is 6. The van der Waals surface area contributed by atoms with Gasteiger partial charge in [0.2, 0.25) is 5.91 Å². The molecule has 0 unspecified atom stereocenters. The van der Waals surface area contributed by atoms with E-state index in [-0.39, 0.29) is 24.0 Å². The van der Waals surface area contributed by atoms with E-state index in [1.807, 2.05) is 11.6 Å². The number of hydrogen-bond donors (Lipinski definition) is 1. The maximum Gasteiger partial charge on any atom is 0.226 e. The van der Waals surface area contributed by atoms with Crippen LogP contribution in [0.1, 0.15) is 11.5 Å². The SMILES string of the molecule is Cn1c(CCNC(=O)Cc2csc(-c3cccc(F)c3)n2)nc2ccc(F)cc21. The third kappa shape index (κ3) is 4.32. The summed E-state index contributed by atoms with van der Waals surface area (Å²) in [5.74, 6) is 0.00162. The van der Waals surface area contributed by atoms with Crippen LogP contribution < -0.4 is 5.32 Å². The first kappa shape index (κ1) is 19.2. The molecule has 1 amide bonds. The number of carbonyl (C=O) groups excluding carboxylic acids is 1. The Morgan fingerprint density at radius 3 is 2.79 bits per heavy atom. The highest BCUT2D eigenvalue weighted by molar-refractivity contribution is 7.13. The predicted octanol–water partition coefficient (Wildman–Crippen LogP) is 3.88. The zero-order valence-electron chi connectivity index (χ0n) is 15.7. The summed E-state index contributed by atoms with van der Waals surface area (Å²) in [5.41, 5.74) is 2.78. The molecule has 0 spiro atoms. The fourth-order valence-electron chi connectivity index (χ4n) is 3.12. The minimum absolute atomic E-state index is 0.147. The van der Waals surface area contributed by atoms with Crippen molar-refractivity contribution in [2.45, 2.75) is 12.8 Å². The van der Waals surface area contributed by atoms with Crippen molar-refractivity contribution in [1.29, 1.82) is 0 Å². The molecule has 0 radical (unpaired) electrons. The Balaban J connectivity index is 1.33. The highest BCUT2D eigenvalue weighted by Gasteiger charge is 2.11. The molecule has 5 nitrogen and oxygen atoms in total. The molecule has 2 heterocycles. The van der Waals surface area contributed by atoms with Gasteiger partial charge in [-0.1, -0.05) is 12.1 Å². The van der Waals surface area contributed by atoms with Gasteiger partial charge in [-0.05, 0) is 30.3 Å². The fourth-order valence-corrected chi connectivity index (χ4v) is 3.94. The molecule has 2 aromatic heterocycles. The van der Waals surface area contributed by atoms with E-state index in [1.54, 1.807) is 23.6 Å². The number of nitrogens with zero attached hydrogens (tertiary/aromatic N) is 3. The van der Waals surface area contributed by atoms with Gasteiger partial charge in [-0.15, -0.1) is 11.3 Å². The second kappa shape index (κ2) is 8.08. The van der Waals surface area contributed by atoms with Crippen molar-refractivity contribution in [3.8, 4) is 10.6 Å². The highest BCUT2D eigenvalue weighted by Crippen LogP contribution is 2.24. The van der Waals surface area contributed by atoms with Crippen LogP contribution in [0.5, 0.6) is 0 Å². The first-order chi connectivity index (χ1) is 14.0. The van der Waals surface area contributed by atoms with Gasteiger partial charge in [0, 0.05) is 31.0 Å². The van der Waals surface area contributed by atoms with Crippen LogP contribution in [0.3, 0.4) is 0 Å². The van der Waals surface area contributed by atoms with Gasteiger partial charge in [0.15, 0.2) is 0 Å². The molecule has 4 rings (SSSR count). The molecular formula is C21H18F2N4OS. The molecule has 148 valence electrons. The maximum absolute atomic E-state index is 13.4. The van der Waals surface area contributed by atoms with Crippen LogP contribution >= 0.6 is 11.3 Å². The standard InChI is InChI=1S/C21H18F2N4OS/c1-27-18-10-15(23)5-6-17(18)26-19(27)7-8-24-20(28)11-16-12-29-21(25-16)13-3-2-4-14(22)9-13/h2-6,9-10,12H,7-8,11H2,1H3,(H,24,28). The zero-order chi connectivity index (χ0) is 20.4. The highest BCUT2D eigenvalue weighted by atomic mass is 32.1. The predicted molar refractivity (Wildman–Crippen MR) is 109 cm³/mol. The van der Waals surface area contributed by atoms with Gasteiger partial charge in [-0.25, -0.2) is 18.7 Å². The molecule has 8 heteroatoms. The molecule has 4 aromatic rings. The van der Waals surface area contributed by atoms with Crippen LogP contribution in [0.2, 0.25) is 0 Å². The number of amides is 1. The number of halogens is 2. The van der Waals surface area contributed by atoms with Gasteiger partial charge in [-0.2, -0.15) is 0 Å². The number of aromatic nitrogens is 3. The lowest BCUT2D eigenvalue weighted by Gasteiger charge is -2.05. The second-order valence-electron chi connectivity index (χ2n) is 6.65. The van der Waals surface area contributed by atoms with Crippen molar-refractivity contribution >= 4 is 28.3 Å². The van der Waals surface area contributed by atoms with Crippen LogP contribution in [-0.2, 0) is 24.7 Å². The van der Waals surface area contributed by atoms with Crippen molar-refractivity contribution in [3.63, 3.8) is 0 Å². The number of hydrogen-bond acceptors (Lipinski definition) is 4. The number of nitrogens with one attached hydrogen (secondary N) is 1. The third-order valence-electron chi connectivity index (χ3n) is 4.57. The van der Waals surface area contributed by atoms with E-state index in [0.29, 0.717) is 29.2 Å². The summed E-state index contributed by atoms with van der Waals surface area (Å²) >= 11 is 1.38. The number of benzene rings is 2. The van der Waals surface area contributed by atoms with E-state index < -0.39 is 0 Å². The summed E-state index contributed by atoms with van der Waals surface area (Å²) in [5, 5.41) is 5.34. The molecule has 0 fully saturated rings. The zero-order valence-corrected chi connectivity index (χ0v) is 16.5. The average Bonchev–Trinajstić information content (AvgIpc) is 3.27.